The van der Waals surface area contributed by atoms with Gasteiger partial charge in [0.25, 0.3) is 5.91 Å². The second-order valence-corrected chi connectivity index (χ2v) is 14.2. The van der Waals surface area contributed by atoms with E-state index in [0.717, 1.165) is 31.2 Å². The fourth-order valence-corrected chi connectivity index (χ4v) is 6.43. The summed E-state index contributed by atoms with van der Waals surface area (Å²) in [4.78, 5) is 68.4. The third-order valence-electron chi connectivity index (χ3n) is 9.53. The molecule has 0 aromatic heterocycles. The summed E-state index contributed by atoms with van der Waals surface area (Å²) in [6.45, 7) is 10.6. The molecule has 4 amide bonds. The minimum absolute atomic E-state index is 0.0418. The molecule has 222 valence electrons. The molecule has 4 fully saturated rings. The number of amides is 4. The van der Waals surface area contributed by atoms with Gasteiger partial charge in [0.2, 0.25) is 23.5 Å². The maximum absolute atomic E-state index is 14.0. The third-order valence-corrected chi connectivity index (χ3v) is 9.53. The maximum atomic E-state index is 14.0. The van der Waals surface area contributed by atoms with Gasteiger partial charge in [0.05, 0.1) is 6.04 Å². The Bertz CT molecular complexity index is 1210. The number of likely N-dealkylation sites (tertiary alicyclic amines) is 1. The van der Waals surface area contributed by atoms with Crippen molar-refractivity contribution in [2.45, 2.75) is 91.4 Å². The van der Waals surface area contributed by atoms with E-state index in [1.807, 2.05) is 51.1 Å². The number of rotatable bonds is 11. The van der Waals surface area contributed by atoms with E-state index in [1.54, 1.807) is 4.90 Å². The Hall–Kier alpha value is -3.23. The molecule has 3 aliphatic carbocycles. The minimum Gasteiger partial charge on any atom is -0.345 e. The standard InChI is InChI=1S/C32H44N4O5/c1-31(2,3)26(35-27(38)20-13-14-20)30(41)36-17-21-23(32(21,4)5)24(36)28(39)34-22(15-18-11-12-18)25(37)29(40)33-16-19-9-7-6-8-10-19/h6-10,18,20-24,26H,11-17H2,1-5H3,(H,33,40)(H,34,39)(H,35,38)/t21-,22?,23?,24-,26?/m0/s1. The van der Waals surface area contributed by atoms with Crippen LogP contribution in [-0.2, 0) is 30.5 Å². The summed E-state index contributed by atoms with van der Waals surface area (Å²) in [6.07, 6.45) is 4.00. The number of ketones is 1. The summed E-state index contributed by atoms with van der Waals surface area (Å²) in [6, 6.07) is 6.87. The van der Waals surface area contributed by atoms with Crippen LogP contribution in [0.3, 0.4) is 0 Å². The van der Waals surface area contributed by atoms with Gasteiger partial charge in [-0.3, -0.25) is 24.0 Å². The molecule has 5 atom stereocenters. The molecule has 1 saturated heterocycles. The highest BCUT2D eigenvalue weighted by Crippen LogP contribution is 2.65. The second kappa shape index (κ2) is 10.9. The van der Waals surface area contributed by atoms with Crippen LogP contribution in [0.5, 0.6) is 0 Å². The molecule has 3 N–H and O–H groups in total. The molecule has 3 saturated carbocycles. The van der Waals surface area contributed by atoms with E-state index < -0.39 is 41.1 Å². The molecule has 0 spiro atoms. The summed E-state index contributed by atoms with van der Waals surface area (Å²) >= 11 is 0. The van der Waals surface area contributed by atoms with Crippen LogP contribution >= 0.6 is 0 Å². The largest absolute Gasteiger partial charge is 0.345 e. The maximum Gasteiger partial charge on any atom is 0.289 e. The molecule has 1 aliphatic heterocycles. The summed E-state index contributed by atoms with van der Waals surface area (Å²) in [7, 11) is 0. The first-order chi connectivity index (χ1) is 19.3. The van der Waals surface area contributed by atoms with Crippen LogP contribution in [0.25, 0.3) is 0 Å². The molecule has 1 aromatic carbocycles. The van der Waals surface area contributed by atoms with Gasteiger partial charge in [-0.2, -0.15) is 0 Å². The van der Waals surface area contributed by atoms with Crippen molar-refractivity contribution in [3.63, 3.8) is 0 Å². The van der Waals surface area contributed by atoms with E-state index in [4.69, 9.17) is 0 Å². The first-order valence-electron chi connectivity index (χ1n) is 15.1. The van der Waals surface area contributed by atoms with Crippen LogP contribution in [0.4, 0.5) is 0 Å². The van der Waals surface area contributed by atoms with Crippen LogP contribution in [0, 0.1) is 34.5 Å². The third kappa shape index (κ3) is 6.33. The average molecular weight is 565 g/mol. The number of carbonyl (C=O) groups excluding carboxylic acids is 5. The van der Waals surface area contributed by atoms with Gasteiger partial charge in [-0.25, -0.2) is 0 Å². The highest BCUT2D eigenvalue weighted by atomic mass is 16.2. The van der Waals surface area contributed by atoms with E-state index in [0.29, 0.717) is 18.9 Å². The number of nitrogens with zero attached hydrogens (tertiary/aromatic N) is 1. The Morgan fingerprint density at radius 1 is 0.951 bits per heavy atom. The van der Waals surface area contributed by atoms with E-state index in [-0.39, 0.29) is 41.5 Å². The zero-order chi connectivity index (χ0) is 29.7. The molecule has 4 aliphatic rings. The van der Waals surface area contributed by atoms with Crippen LogP contribution in [-0.4, -0.2) is 59.0 Å². The summed E-state index contributed by atoms with van der Waals surface area (Å²) in [5, 5.41) is 8.57. The first kappa shape index (κ1) is 29.3. The van der Waals surface area contributed by atoms with Gasteiger partial charge in [0.1, 0.15) is 12.1 Å². The fraction of sp³-hybridized carbons (Fsp3) is 0.656. The molecule has 3 unspecified atom stereocenters. The number of hydrogen-bond donors (Lipinski definition) is 3. The second-order valence-electron chi connectivity index (χ2n) is 14.2. The van der Waals surface area contributed by atoms with Crippen LogP contribution < -0.4 is 16.0 Å². The lowest BCUT2D eigenvalue weighted by Gasteiger charge is -2.38. The van der Waals surface area contributed by atoms with Gasteiger partial charge < -0.3 is 20.9 Å². The molecule has 9 heteroatoms. The zero-order valence-electron chi connectivity index (χ0n) is 24.9. The monoisotopic (exact) mass is 564 g/mol. The van der Waals surface area contributed by atoms with Gasteiger partial charge >= 0.3 is 0 Å². The van der Waals surface area contributed by atoms with Crippen molar-refractivity contribution in [2.75, 3.05) is 6.54 Å². The van der Waals surface area contributed by atoms with Crippen LogP contribution in [0.1, 0.15) is 72.3 Å². The lowest BCUT2D eigenvalue weighted by atomic mass is 9.85. The van der Waals surface area contributed by atoms with E-state index in [2.05, 4.69) is 29.8 Å². The summed E-state index contributed by atoms with van der Waals surface area (Å²) < 4.78 is 0. The highest BCUT2D eigenvalue weighted by Gasteiger charge is 2.70. The lowest BCUT2D eigenvalue weighted by molar-refractivity contribution is -0.146. The number of hydrogen-bond acceptors (Lipinski definition) is 5. The fourth-order valence-electron chi connectivity index (χ4n) is 6.43. The molecule has 1 heterocycles. The van der Waals surface area contributed by atoms with Crippen molar-refractivity contribution < 1.29 is 24.0 Å². The van der Waals surface area contributed by atoms with E-state index in [9.17, 15) is 24.0 Å². The Labute approximate surface area is 242 Å². The Kier molecular flexibility index (Phi) is 7.76. The molecule has 41 heavy (non-hydrogen) atoms. The smallest absolute Gasteiger partial charge is 0.289 e. The quantitative estimate of drug-likeness (QED) is 0.357. The number of carbonyl (C=O) groups is 5. The molecule has 1 aromatic rings. The van der Waals surface area contributed by atoms with Crippen molar-refractivity contribution in [3.05, 3.63) is 35.9 Å². The van der Waals surface area contributed by atoms with Crippen LogP contribution in [0.15, 0.2) is 30.3 Å². The predicted octanol–water partition coefficient (Wildman–Crippen LogP) is 2.58. The van der Waals surface area contributed by atoms with E-state index in [1.165, 1.54) is 0 Å². The average Bonchev–Trinajstić information content (AvgIpc) is 3.86. The van der Waals surface area contributed by atoms with Gasteiger partial charge in [-0.05, 0) is 53.4 Å². The number of benzene rings is 1. The molecule has 9 nitrogen and oxygen atoms in total. The number of Topliss-reactive ketones (excluding diaryl/α,β-unsaturated/α-hetero) is 1. The van der Waals surface area contributed by atoms with Gasteiger partial charge in [-0.15, -0.1) is 0 Å². The number of nitrogens with one attached hydrogen (secondary N) is 3. The minimum atomic E-state index is -0.948. The molecular weight excluding hydrogens is 520 g/mol. The van der Waals surface area contributed by atoms with Gasteiger partial charge in [-0.1, -0.05) is 77.8 Å². The molecule has 5 rings (SSSR count). The zero-order valence-corrected chi connectivity index (χ0v) is 24.9. The topological polar surface area (TPSA) is 125 Å². The highest BCUT2D eigenvalue weighted by molar-refractivity contribution is 6.38. The Morgan fingerprint density at radius 3 is 2.20 bits per heavy atom. The van der Waals surface area contributed by atoms with Crippen LogP contribution in [0.2, 0.25) is 0 Å². The number of fused-ring (bicyclic) bond motifs is 1. The summed E-state index contributed by atoms with van der Waals surface area (Å²) in [5.41, 5.74) is 0.212. The van der Waals surface area contributed by atoms with Gasteiger partial charge in [0, 0.05) is 19.0 Å². The predicted molar refractivity (Wildman–Crippen MR) is 153 cm³/mol. The lowest BCUT2D eigenvalue weighted by Crippen LogP contribution is -2.60. The number of piperidine rings is 1. The van der Waals surface area contributed by atoms with Crippen molar-refractivity contribution in [1.29, 1.82) is 0 Å². The molecule has 0 radical (unpaired) electrons. The van der Waals surface area contributed by atoms with E-state index >= 15 is 0 Å². The van der Waals surface area contributed by atoms with Crippen molar-refractivity contribution in [2.24, 2.45) is 34.5 Å². The molecular formula is C32H44N4O5. The summed E-state index contributed by atoms with van der Waals surface area (Å²) in [5.74, 6) is -1.79. The van der Waals surface area contributed by atoms with Crippen molar-refractivity contribution in [3.8, 4) is 0 Å². The van der Waals surface area contributed by atoms with Gasteiger partial charge in [0.15, 0.2) is 0 Å². The Balaban J connectivity index is 1.31. The van der Waals surface area contributed by atoms with Crippen molar-refractivity contribution >= 4 is 29.4 Å². The first-order valence-corrected chi connectivity index (χ1v) is 15.1. The molecule has 0 bridgehead atoms. The SMILES string of the molecule is CC(C)(C)C(NC(=O)C1CC1)C(=O)N1C[C@H]2C([C@H]1C(=O)NC(CC1CC1)C(=O)C(=O)NCc1ccccc1)C2(C)C. The Morgan fingerprint density at radius 2 is 1.61 bits per heavy atom. The van der Waals surface area contributed by atoms with Crippen molar-refractivity contribution in [1.82, 2.24) is 20.9 Å². The normalized spacial score (nSPS) is 25.9.